The minimum absolute atomic E-state index is 0.246. The van der Waals surface area contributed by atoms with Gasteiger partial charge in [-0.3, -0.25) is 0 Å². The predicted octanol–water partition coefficient (Wildman–Crippen LogP) is 4.62. The van der Waals surface area contributed by atoms with Gasteiger partial charge in [0, 0.05) is 21.9 Å². The number of fused-ring (bicyclic) bond motifs is 1. The Labute approximate surface area is 129 Å². The van der Waals surface area contributed by atoms with Crippen molar-refractivity contribution in [2.45, 2.75) is 13.0 Å². The van der Waals surface area contributed by atoms with Gasteiger partial charge >= 0.3 is 0 Å². The molecule has 0 spiro atoms. The Hall–Kier alpha value is -1.30. The molecule has 104 valence electrons. The first-order valence-electron chi connectivity index (χ1n) is 6.18. The fraction of sp³-hybridized carbons (Fsp3) is 0.200. The molecule has 0 saturated carbocycles. The first-order chi connectivity index (χ1) is 9.60. The number of aryl methyl sites for hydroxylation is 1. The van der Waals surface area contributed by atoms with E-state index >= 15 is 0 Å². The molecule has 0 aliphatic heterocycles. The summed E-state index contributed by atoms with van der Waals surface area (Å²) < 4.78 is 12.2. The maximum Gasteiger partial charge on any atom is 0.138 e. The highest BCUT2D eigenvalue weighted by atomic mass is 79.9. The van der Waals surface area contributed by atoms with Gasteiger partial charge in [0.15, 0.2) is 0 Å². The normalized spacial score (nSPS) is 12.8. The van der Waals surface area contributed by atoms with Crippen LogP contribution in [-0.2, 0) is 0 Å². The second kappa shape index (κ2) is 5.24. The minimum Gasteiger partial charge on any atom is -0.497 e. The molecule has 1 unspecified atom stereocenters. The molecule has 1 aromatic carbocycles. The van der Waals surface area contributed by atoms with Crippen LogP contribution >= 0.6 is 27.3 Å². The van der Waals surface area contributed by atoms with E-state index in [0.717, 1.165) is 36.7 Å². The fourth-order valence-electron chi connectivity index (χ4n) is 2.27. The van der Waals surface area contributed by atoms with E-state index in [-0.39, 0.29) is 6.04 Å². The Bertz CT molecular complexity index is 762. The molecule has 0 aliphatic rings. The lowest BCUT2D eigenvalue weighted by atomic mass is 10.1. The average molecular weight is 352 g/mol. The summed E-state index contributed by atoms with van der Waals surface area (Å²) in [6, 6.07) is 9.61. The number of rotatable bonds is 3. The summed E-state index contributed by atoms with van der Waals surface area (Å²) in [6.45, 7) is 2.04. The van der Waals surface area contributed by atoms with Crippen molar-refractivity contribution >= 4 is 38.2 Å². The molecule has 3 aromatic rings. The number of nitrogens with two attached hydrogens (primary N) is 1. The molecule has 2 N–H and O–H groups in total. The molecule has 20 heavy (non-hydrogen) atoms. The number of halogens is 1. The summed E-state index contributed by atoms with van der Waals surface area (Å²) in [5, 5.41) is 1.08. The molecule has 2 aromatic heterocycles. The third-order valence-corrected chi connectivity index (χ3v) is 5.07. The van der Waals surface area contributed by atoms with Gasteiger partial charge in [-0.1, -0.05) is 0 Å². The molecule has 2 heterocycles. The zero-order valence-corrected chi connectivity index (χ0v) is 13.5. The van der Waals surface area contributed by atoms with Crippen molar-refractivity contribution in [2.75, 3.05) is 7.11 Å². The van der Waals surface area contributed by atoms with Crippen LogP contribution in [0.4, 0.5) is 0 Å². The van der Waals surface area contributed by atoms with Gasteiger partial charge in [0.1, 0.15) is 17.1 Å². The number of hydrogen-bond acceptors (Lipinski definition) is 4. The van der Waals surface area contributed by atoms with Crippen molar-refractivity contribution in [1.82, 2.24) is 0 Å². The van der Waals surface area contributed by atoms with E-state index in [1.807, 2.05) is 37.3 Å². The van der Waals surface area contributed by atoms with E-state index in [1.165, 1.54) is 0 Å². The summed E-state index contributed by atoms with van der Waals surface area (Å²) in [6.07, 6.45) is 0. The molecule has 3 nitrogen and oxygen atoms in total. The van der Waals surface area contributed by atoms with Gasteiger partial charge in [-0.15, -0.1) is 11.3 Å². The lowest BCUT2D eigenvalue weighted by molar-refractivity contribution is 0.414. The van der Waals surface area contributed by atoms with Crippen LogP contribution in [0.2, 0.25) is 0 Å². The number of ether oxygens (including phenoxy) is 1. The standard InChI is InChI=1S/C15H14BrNO2S/c1-8-10-4-3-9(18-2)7-11(10)19-15(8)14(17)12-5-6-13(16)20-12/h3-7,14H,17H2,1-2H3. The summed E-state index contributed by atoms with van der Waals surface area (Å²) in [5.74, 6) is 1.59. The van der Waals surface area contributed by atoms with Crippen LogP contribution in [0.15, 0.2) is 38.5 Å². The molecule has 0 saturated heterocycles. The van der Waals surface area contributed by atoms with E-state index in [0.29, 0.717) is 0 Å². The van der Waals surface area contributed by atoms with Gasteiger partial charge in [0.05, 0.1) is 16.9 Å². The van der Waals surface area contributed by atoms with Gasteiger partial charge in [0.25, 0.3) is 0 Å². The molecule has 0 aliphatic carbocycles. The second-order valence-corrected chi connectivity index (χ2v) is 7.07. The summed E-state index contributed by atoms with van der Waals surface area (Å²) in [7, 11) is 1.65. The van der Waals surface area contributed by atoms with Gasteiger partial charge < -0.3 is 14.9 Å². The highest BCUT2D eigenvalue weighted by molar-refractivity contribution is 9.11. The topological polar surface area (TPSA) is 48.4 Å². The van der Waals surface area contributed by atoms with Crippen molar-refractivity contribution in [3.8, 4) is 5.75 Å². The molecule has 0 bridgehead atoms. The van der Waals surface area contributed by atoms with Crippen molar-refractivity contribution in [3.63, 3.8) is 0 Å². The Morgan fingerprint density at radius 1 is 1.30 bits per heavy atom. The van der Waals surface area contributed by atoms with Crippen LogP contribution in [0.1, 0.15) is 22.2 Å². The fourth-order valence-corrected chi connectivity index (χ4v) is 3.70. The quantitative estimate of drug-likeness (QED) is 0.748. The average Bonchev–Trinajstić information content (AvgIpc) is 3.02. The maximum absolute atomic E-state index is 6.33. The first-order valence-corrected chi connectivity index (χ1v) is 7.79. The molecule has 3 rings (SSSR count). The Morgan fingerprint density at radius 3 is 2.75 bits per heavy atom. The van der Waals surface area contributed by atoms with Crippen LogP contribution < -0.4 is 10.5 Å². The van der Waals surface area contributed by atoms with Gasteiger partial charge in [-0.25, -0.2) is 0 Å². The zero-order chi connectivity index (χ0) is 14.3. The molecular weight excluding hydrogens is 338 g/mol. The molecule has 0 fully saturated rings. The third-order valence-electron chi connectivity index (χ3n) is 3.37. The molecular formula is C15H14BrNO2S. The van der Waals surface area contributed by atoms with Gasteiger partial charge in [0.2, 0.25) is 0 Å². The van der Waals surface area contributed by atoms with Crippen molar-refractivity contribution in [3.05, 3.63) is 50.3 Å². The number of furan rings is 1. The second-order valence-electron chi connectivity index (χ2n) is 4.57. The van der Waals surface area contributed by atoms with Crippen LogP contribution in [0.3, 0.4) is 0 Å². The van der Waals surface area contributed by atoms with Crippen molar-refractivity contribution in [2.24, 2.45) is 5.73 Å². The summed E-state index contributed by atoms with van der Waals surface area (Å²) in [5.41, 5.74) is 8.22. The number of benzene rings is 1. The van der Waals surface area contributed by atoms with Crippen LogP contribution in [0.5, 0.6) is 5.75 Å². The van der Waals surface area contributed by atoms with E-state index < -0.39 is 0 Å². The predicted molar refractivity (Wildman–Crippen MR) is 85.6 cm³/mol. The third kappa shape index (κ3) is 2.26. The highest BCUT2D eigenvalue weighted by Crippen LogP contribution is 2.36. The molecule has 0 radical (unpaired) electrons. The molecule has 5 heteroatoms. The van der Waals surface area contributed by atoms with Gasteiger partial charge in [-0.05, 0) is 47.1 Å². The van der Waals surface area contributed by atoms with E-state index in [2.05, 4.69) is 15.9 Å². The van der Waals surface area contributed by atoms with E-state index in [4.69, 9.17) is 14.9 Å². The number of methoxy groups -OCH3 is 1. The first kappa shape index (κ1) is 13.7. The zero-order valence-electron chi connectivity index (χ0n) is 11.1. The summed E-state index contributed by atoms with van der Waals surface area (Å²) in [4.78, 5) is 1.07. The lowest BCUT2D eigenvalue weighted by Gasteiger charge is -2.07. The van der Waals surface area contributed by atoms with Crippen LogP contribution in [0, 0.1) is 6.92 Å². The number of hydrogen-bond donors (Lipinski definition) is 1. The van der Waals surface area contributed by atoms with Crippen molar-refractivity contribution < 1.29 is 9.15 Å². The Morgan fingerprint density at radius 2 is 2.10 bits per heavy atom. The smallest absolute Gasteiger partial charge is 0.138 e. The van der Waals surface area contributed by atoms with Crippen LogP contribution in [-0.4, -0.2) is 7.11 Å². The van der Waals surface area contributed by atoms with Crippen LogP contribution in [0.25, 0.3) is 11.0 Å². The Kier molecular flexibility index (Phi) is 3.58. The lowest BCUT2D eigenvalue weighted by Crippen LogP contribution is -2.10. The minimum atomic E-state index is -0.246. The number of thiophene rings is 1. The molecule has 0 amide bonds. The Balaban J connectivity index is 2.09. The monoisotopic (exact) mass is 351 g/mol. The molecule has 1 atom stereocenters. The van der Waals surface area contributed by atoms with E-state index in [1.54, 1.807) is 18.4 Å². The highest BCUT2D eigenvalue weighted by Gasteiger charge is 2.20. The van der Waals surface area contributed by atoms with Crippen molar-refractivity contribution in [1.29, 1.82) is 0 Å². The largest absolute Gasteiger partial charge is 0.497 e. The summed E-state index contributed by atoms with van der Waals surface area (Å²) >= 11 is 5.08. The van der Waals surface area contributed by atoms with E-state index in [9.17, 15) is 0 Å². The maximum atomic E-state index is 6.33. The SMILES string of the molecule is COc1ccc2c(C)c(C(N)c3ccc(Br)s3)oc2c1. The van der Waals surface area contributed by atoms with Gasteiger partial charge in [-0.2, -0.15) is 0 Å².